The van der Waals surface area contributed by atoms with E-state index >= 15 is 0 Å². The van der Waals surface area contributed by atoms with E-state index in [9.17, 15) is 0 Å². The first kappa shape index (κ1) is 13.4. The molecule has 0 nitrogen and oxygen atoms in total. The molecule has 0 unspecified atom stereocenters. The molecule has 0 N–H and O–H groups in total. The second-order valence-corrected chi connectivity index (χ2v) is 6.04. The smallest absolute Gasteiger partial charge is 0.0413 e. The summed E-state index contributed by atoms with van der Waals surface area (Å²) in [6.45, 7) is 2.40. The topological polar surface area (TPSA) is 0 Å². The first-order valence-electron chi connectivity index (χ1n) is 7.93. The maximum absolute atomic E-state index is 2.44. The molecule has 104 valence electrons. The molecule has 0 aromatic carbocycles. The largest absolute Gasteiger partial charge is 0.0839 e. The minimum Gasteiger partial charge on any atom is -0.0839 e. The quantitative estimate of drug-likeness (QED) is 0.602. The Hall–Kier alpha value is -1.56. The van der Waals surface area contributed by atoms with Gasteiger partial charge < -0.3 is 0 Å². The molecule has 0 aromatic rings. The Kier molecular flexibility index (Phi) is 3.91. The highest BCUT2D eigenvalue weighted by Crippen LogP contribution is 2.47. The predicted molar refractivity (Wildman–Crippen MR) is 87.5 cm³/mol. The maximum atomic E-state index is 2.44. The van der Waals surface area contributed by atoms with Crippen LogP contribution in [-0.4, -0.2) is 0 Å². The molecule has 0 fully saturated rings. The third-order valence-corrected chi connectivity index (χ3v) is 4.72. The number of rotatable bonds is 3. The minimum atomic E-state index is 0.0325. The molecule has 3 rings (SSSR count). The molecule has 0 saturated heterocycles. The van der Waals surface area contributed by atoms with E-state index in [0.717, 1.165) is 0 Å². The molecular formula is C20H24. The lowest BCUT2D eigenvalue weighted by atomic mass is 9.66. The molecule has 0 amide bonds. The molecule has 3 aliphatic carbocycles. The molecule has 3 aliphatic rings. The van der Waals surface area contributed by atoms with Crippen LogP contribution in [0, 0.1) is 5.41 Å². The van der Waals surface area contributed by atoms with Crippen molar-refractivity contribution < 1.29 is 0 Å². The standard InChI is InChI=1S/C20H24/c1-20(17-11-5-2-6-12-17,18-13-7-3-8-14-18)19-15-9-4-10-16-19/h5,7,9,11-16H,2-4,6,8,10H2,1H3. The fraction of sp³-hybridized carbons (Fsp3) is 0.400. The summed E-state index contributed by atoms with van der Waals surface area (Å²) < 4.78 is 0. The van der Waals surface area contributed by atoms with Gasteiger partial charge in [0.2, 0.25) is 0 Å². The second kappa shape index (κ2) is 5.83. The minimum absolute atomic E-state index is 0.0325. The summed E-state index contributed by atoms with van der Waals surface area (Å²) >= 11 is 0. The van der Waals surface area contributed by atoms with Crippen molar-refractivity contribution in [1.82, 2.24) is 0 Å². The van der Waals surface area contributed by atoms with Gasteiger partial charge in [0.05, 0.1) is 0 Å². The van der Waals surface area contributed by atoms with E-state index in [4.69, 9.17) is 0 Å². The monoisotopic (exact) mass is 264 g/mol. The summed E-state index contributed by atoms with van der Waals surface area (Å²) in [4.78, 5) is 0. The average molecular weight is 264 g/mol. The molecule has 0 bridgehead atoms. The van der Waals surface area contributed by atoms with Crippen molar-refractivity contribution in [2.24, 2.45) is 5.41 Å². The van der Waals surface area contributed by atoms with Gasteiger partial charge in [-0.1, -0.05) is 54.7 Å². The van der Waals surface area contributed by atoms with E-state index in [1.165, 1.54) is 55.2 Å². The van der Waals surface area contributed by atoms with E-state index in [2.05, 4.69) is 61.6 Å². The average Bonchev–Trinajstić information content (AvgIpc) is 2.56. The van der Waals surface area contributed by atoms with Gasteiger partial charge in [0, 0.05) is 5.41 Å². The number of hydrogen-bond donors (Lipinski definition) is 0. The molecule has 0 heterocycles. The highest BCUT2D eigenvalue weighted by molar-refractivity contribution is 5.53. The Morgan fingerprint density at radius 3 is 1.20 bits per heavy atom. The third kappa shape index (κ3) is 2.40. The summed E-state index contributed by atoms with van der Waals surface area (Å²) in [5.74, 6) is 0. The van der Waals surface area contributed by atoms with Gasteiger partial charge in [-0.05, 0) is 62.2 Å². The normalized spacial score (nSPS) is 22.4. The van der Waals surface area contributed by atoms with Crippen LogP contribution in [0.15, 0.2) is 71.4 Å². The van der Waals surface area contributed by atoms with E-state index in [-0.39, 0.29) is 5.41 Å². The van der Waals surface area contributed by atoms with Crippen LogP contribution in [0.5, 0.6) is 0 Å². The van der Waals surface area contributed by atoms with Gasteiger partial charge in [0.1, 0.15) is 0 Å². The third-order valence-electron chi connectivity index (χ3n) is 4.72. The first-order valence-corrected chi connectivity index (χ1v) is 7.93. The Morgan fingerprint density at radius 1 is 0.600 bits per heavy atom. The van der Waals surface area contributed by atoms with Crippen LogP contribution in [0.1, 0.15) is 45.4 Å². The van der Waals surface area contributed by atoms with Gasteiger partial charge in [0.25, 0.3) is 0 Å². The van der Waals surface area contributed by atoms with Crippen molar-refractivity contribution in [3.63, 3.8) is 0 Å². The van der Waals surface area contributed by atoms with Gasteiger partial charge in [-0.2, -0.15) is 0 Å². The Labute approximate surface area is 123 Å². The zero-order chi connectivity index (χ0) is 13.8. The van der Waals surface area contributed by atoms with E-state index in [1.807, 2.05) is 0 Å². The van der Waals surface area contributed by atoms with Crippen LogP contribution < -0.4 is 0 Å². The van der Waals surface area contributed by atoms with Gasteiger partial charge in [-0.3, -0.25) is 0 Å². The number of allylic oxidation sites excluding steroid dienone is 12. The van der Waals surface area contributed by atoms with Gasteiger partial charge >= 0.3 is 0 Å². The van der Waals surface area contributed by atoms with Crippen LogP contribution >= 0.6 is 0 Å². The lowest BCUT2D eigenvalue weighted by Gasteiger charge is -2.37. The van der Waals surface area contributed by atoms with Crippen molar-refractivity contribution in [1.29, 1.82) is 0 Å². The highest BCUT2D eigenvalue weighted by atomic mass is 14.4. The van der Waals surface area contributed by atoms with Crippen LogP contribution in [0.3, 0.4) is 0 Å². The van der Waals surface area contributed by atoms with Crippen LogP contribution in [-0.2, 0) is 0 Å². The number of hydrogen-bond acceptors (Lipinski definition) is 0. The molecule has 0 saturated carbocycles. The molecule has 0 heteroatoms. The van der Waals surface area contributed by atoms with E-state index < -0.39 is 0 Å². The van der Waals surface area contributed by atoms with Crippen LogP contribution in [0.25, 0.3) is 0 Å². The molecule has 0 atom stereocenters. The Morgan fingerprint density at radius 2 is 0.950 bits per heavy atom. The van der Waals surface area contributed by atoms with Crippen LogP contribution in [0.4, 0.5) is 0 Å². The molecule has 20 heavy (non-hydrogen) atoms. The second-order valence-electron chi connectivity index (χ2n) is 6.04. The first-order chi connectivity index (χ1) is 9.82. The molecular weight excluding hydrogens is 240 g/mol. The van der Waals surface area contributed by atoms with Gasteiger partial charge in [-0.25, -0.2) is 0 Å². The summed E-state index contributed by atoms with van der Waals surface area (Å²) in [6, 6.07) is 0. The molecule has 0 aliphatic heterocycles. The van der Waals surface area contributed by atoms with Gasteiger partial charge in [0.15, 0.2) is 0 Å². The van der Waals surface area contributed by atoms with Crippen LogP contribution in [0.2, 0.25) is 0 Å². The van der Waals surface area contributed by atoms with Crippen molar-refractivity contribution in [3.05, 3.63) is 71.4 Å². The van der Waals surface area contributed by atoms with Crippen molar-refractivity contribution in [2.45, 2.75) is 45.4 Å². The fourth-order valence-electron chi connectivity index (χ4n) is 3.45. The zero-order valence-electron chi connectivity index (χ0n) is 12.4. The predicted octanol–water partition coefficient (Wildman–Crippen LogP) is 5.82. The van der Waals surface area contributed by atoms with E-state index in [0.29, 0.717) is 0 Å². The maximum Gasteiger partial charge on any atom is 0.0413 e. The fourth-order valence-corrected chi connectivity index (χ4v) is 3.45. The van der Waals surface area contributed by atoms with Crippen molar-refractivity contribution >= 4 is 0 Å². The van der Waals surface area contributed by atoms with Crippen molar-refractivity contribution in [3.8, 4) is 0 Å². The van der Waals surface area contributed by atoms with Crippen molar-refractivity contribution in [2.75, 3.05) is 0 Å². The zero-order valence-corrected chi connectivity index (χ0v) is 12.4. The van der Waals surface area contributed by atoms with Gasteiger partial charge in [-0.15, -0.1) is 0 Å². The molecule has 0 radical (unpaired) electrons. The summed E-state index contributed by atoms with van der Waals surface area (Å²) in [6.07, 6.45) is 28.4. The SMILES string of the molecule is CC(C1=CCCC=C1)(C1=CCCC=C1)C1=CCCC=C1. The highest BCUT2D eigenvalue weighted by Gasteiger charge is 2.34. The van der Waals surface area contributed by atoms with E-state index in [1.54, 1.807) is 0 Å². The molecule has 0 spiro atoms. The summed E-state index contributed by atoms with van der Waals surface area (Å²) in [5.41, 5.74) is 4.45. The lowest BCUT2D eigenvalue weighted by molar-refractivity contribution is 0.595. The lowest BCUT2D eigenvalue weighted by Crippen LogP contribution is -2.25. The Bertz CT molecular complexity index is 468. The summed E-state index contributed by atoms with van der Waals surface area (Å²) in [5, 5.41) is 0. The molecule has 0 aromatic heterocycles. The summed E-state index contributed by atoms with van der Waals surface area (Å²) in [7, 11) is 0. The Balaban J connectivity index is 2.06.